The molecule has 0 spiro atoms. The highest BCUT2D eigenvalue weighted by atomic mass is 32.1. The molecule has 0 aliphatic heterocycles. The van der Waals surface area contributed by atoms with Crippen LogP contribution in [0.3, 0.4) is 0 Å². The Bertz CT molecular complexity index is 236. The van der Waals surface area contributed by atoms with Crippen LogP contribution >= 0.6 is 11.3 Å². The van der Waals surface area contributed by atoms with Crippen molar-refractivity contribution in [3.63, 3.8) is 0 Å². The molecule has 4 heteroatoms. The Morgan fingerprint density at radius 1 is 1.57 bits per heavy atom. The lowest BCUT2D eigenvalue weighted by Gasteiger charge is -2.17. The molecule has 0 saturated heterocycles. The van der Waals surface area contributed by atoms with E-state index in [0.29, 0.717) is 5.92 Å². The normalized spacial score (nSPS) is 13.4. The largest absolute Gasteiger partial charge is 0.395 e. The van der Waals surface area contributed by atoms with Gasteiger partial charge < -0.3 is 10.4 Å². The van der Waals surface area contributed by atoms with E-state index >= 15 is 0 Å². The van der Waals surface area contributed by atoms with E-state index in [1.54, 1.807) is 11.3 Å². The molecule has 14 heavy (non-hydrogen) atoms. The number of hydrogen-bond acceptors (Lipinski definition) is 4. The summed E-state index contributed by atoms with van der Waals surface area (Å²) >= 11 is 1.60. The molecule has 0 aromatic carbocycles. The summed E-state index contributed by atoms with van der Waals surface area (Å²) in [6.07, 6.45) is 1.00. The highest BCUT2D eigenvalue weighted by Gasteiger charge is 2.09. The number of nitrogens with one attached hydrogen (secondary N) is 1. The van der Waals surface area contributed by atoms with Crippen LogP contribution in [0, 0.1) is 5.92 Å². The fourth-order valence-electron chi connectivity index (χ4n) is 1.37. The minimum absolute atomic E-state index is 0.191. The summed E-state index contributed by atoms with van der Waals surface area (Å²) in [5.74, 6) is 0.607. The van der Waals surface area contributed by atoms with E-state index in [1.807, 2.05) is 10.9 Å². The molecule has 1 heterocycles. The second-order valence-electron chi connectivity index (χ2n) is 3.87. The number of rotatable bonds is 6. The van der Waals surface area contributed by atoms with Gasteiger partial charge in [-0.15, -0.1) is 11.3 Å². The van der Waals surface area contributed by atoms with Crippen molar-refractivity contribution in [3.05, 3.63) is 16.6 Å². The highest BCUT2D eigenvalue weighted by molar-refractivity contribution is 7.07. The van der Waals surface area contributed by atoms with Crippen molar-refractivity contribution in [3.8, 4) is 0 Å². The van der Waals surface area contributed by atoms with Crippen LogP contribution < -0.4 is 5.32 Å². The quantitative estimate of drug-likeness (QED) is 0.756. The summed E-state index contributed by atoms with van der Waals surface area (Å²) in [6, 6.07) is 0.191. The van der Waals surface area contributed by atoms with E-state index in [9.17, 15) is 0 Å². The van der Waals surface area contributed by atoms with Crippen molar-refractivity contribution in [2.75, 3.05) is 6.61 Å². The third-order valence-corrected chi connectivity index (χ3v) is 2.67. The Labute approximate surface area is 89.2 Å². The first-order valence-corrected chi connectivity index (χ1v) is 5.88. The molecule has 0 saturated carbocycles. The predicted molar refractivity (Wildman–Crippen MR) is 59.3 cm³/mol. The van der Waals surface area contributed by atoms with Gasteiger partial charge in [0.25, 0.3) is 0 Å². The molecule has 3 nitrogen and oxygen atoms in total. The second kappa shape index (κ2) is 6.11. The summed E-state index contributed by atoms with van der Waals surface area (Å²) < 4.78 is 0. The molecular weight excluding hydrogens is 196 g/mol. The maximum atomic E-state index is 9.12. The van der Waals surface area contributed by atoms with Crippen LogP contribution in [0.25, 0.3) is 0 Å². The zero-order valence-corrected chi connectivity index (χ0v) is 9.55. The second-order valence-corrected chi connectivity index (χ2v) is 4.59. The first-order valence-electron chi connectivity index (χ1n) is 4.93. The van der Waals surface area contributed by atoms with Gasteiger partial charge in [0, 0.05) is 18.0 Å². The summed E-state index contributed by atoms with van der Waals surface area (Å²) in [4.78, 5) is 4.18. The van der Waals surface area contributed by atoms with Gasteiger partial charge in [0.1, 0.15) is 0 Å². The molecular formula is C10H18N2OS. The zero-order chi connectivity index (χ0) is 10.4. The fraction of sp³-hybridized carbons (Fsp3) is 0.700. The zero-order valence-electron chi connectivity index (χ0n) is 8.73. The number of aliphatic hydroxyl groups excluding tert-OH is 1. The van der Waals surface area contributed by atoms with Crippen LogP contribution in [0.4, 0.5) is 0 Å². The van der Waals surface area contributed by atoms with E-state index < -0.39 is 0 Å². The molecule has 1 atom stereocenters. The SMILES string of the molecule is CC(C)CC(CO)NCc1cscn1. The van der Waals surface area contributed by atoms with E-state index in [0.717, 1.165) is 18.7 Å². The monoisotopic (exact) mass is 214 g/mol. The van der Waals surface area contributed by atoms with E-state index in [4.69, 9.17) is 5.11 Å². The molecule has 1 aromatic rings. The van der Waals surface area contributed by atoms with Crippen molar-refractivity contribution in [2.45, 2.75) is 32.9 Å². The van der Waals surface area contributed by atoms with Crippen LogP contribution in [0.2, 0.25) is 0 Å². The van der Waals surface area contributed by atoms with Crippen LogP contribution in [0.15, 0.2) is 10.9 Å². The smallest absolute Gasteiger partial charge is 0.0795 e. The van der Waals surface area contributed by atoms with Gasteiger partial charge in [0.15, 0.2) is 0 Å². The maximum absolute atomic E-state index is 9.12. The summed E-state index contributed by atoms with van der Waals surface area (Å²) in [5.41, 5.74) is 2.88. The van der Waals surface area contributed by atoms with E-state index in [1.165, 1.54) is 0 Å². The Hall–Kier alpha value is -0.450. The van der Waals surface area contributed by atoms with Gasteiger partial charge in [-0.2, -0.15) is 0 Å². The van der Waals surface area contributed by atoms with Gasteiger partial charge in [0.05, 0.1) is 17.8 Å². The molecule has 0 fully saturated rings. The molecule has 1 unspecified atom stereocenters. The molecule has 0 radical (unpaired) electrons. The third kappa shape index (κ3) is 4.17. The Kier molecular flexibility index (Phi) is 5.07. The van der Waals surface area contributed by atoms with Gasteiger partial charge >= 0.3 is 0 Å². The maximum Gasteiger partial charge on any atom is 0.0795 e. The average molecular weight is 214 g/mol. The van der Waals surface area contributed by atoms with Gasteiger partial charge in [-0.25, -0.2) is 4.98 Å². The van der Waals surface area contributed by atoms with Crippen LogP contribution in [-0.4, -0.2) is 22.7 Å². The topological polar surface area (TPSA) is 45.1 Å². The number of hydrogen-bond donors (Lipinski definition) is 2. The summed E-state index contributed by atoms with van der Waals surface area (Å²) in [7, 11) is 0. The number of aromatic nitrogens is 1. The van der Waals surface area contributed by atoms with Crippen molar-refractivity contribution in [1.29, 1.82) is 0 Å². The van der Waals surface area contributed by atoms with Crippen LogP contribution in [0.1, 0.15) is 26.0 Å². The van der Waals surface area contributed by atoms with Crippen molar-refractivity contribution in [2.24, 2.45) is 5.92 Å². The van der Waals surface area contributed by atoms with Gasteiger partial charge in [-0.3, -0.25) is 0 Å². The molecule has 2 N–H and O–H groups in total. The van der Waals surface area contributed by atoms with Crippen molar-refractivity contribution in [1.82, 2.24) is 10.3 Å². The summed E-state index contributed by atoms with van der Waals surface area (Å²) in [5, 5.41) is 14.4. The predicted octanol–water partition coefficient (Wildman–Crippen LogP) is 1.64. The molecule has 1 aromatic heterocycles. The van der Waals surface area contributed by atoms with Gasteiger partial charge in [0.2, 0.25) is 0 Å². The molecule has 1 rings (SSSR count). The first-order chi connectivity index (χ1) is 6.72. The fourth-order valence-corrected chi connectivity index (χ4v) is 1.92. The van der Waals surface area contributed by atoms with Crippen molar-refractivity contribution >= 4 is 11.3 Å². The molecule has 0 amide bonds. The summed E-state index contributed by atoms with van der Waals surface area (Å²) in [6.45, 7) is 5.27. The minimum Gasteiger partial charge on any atom is -0.395 e. The lowest BCUT2D eigenvalue weighted by atomic mass is 10.0. The number of nitrogens with zero attached hydrogens (tertiary/aromatic N) is 1. The van der Waals surface area contributed by atoms with E-state index in [-0.39, 0.29) is 12.6 Å². The van der Waals surface area contributed by atoms with Crippen LogP contribution in [0.5, 0.6) is 0 Å². The molecule has 0 aliphatic rings. The molecule has 0 aliphatic carbocycles. The highest BCUT2D eigenvalue weighted by Crippen LogP contribution is 2.06. The standard InChI is InChI=1S/C10H18N2OS/c1-8(2)3-9(5-13)11-4-10-6-14-7-12-10/h6-9,11,13H,3-5H2,1-2H3. The van der Waals surface area contributed by atoms with Crippen molar-refractivity contribution < 1.29 is 5.11 Å². The number of thiazole rings is 1. The average Bonchev–Trinajstić information content (AvgIpc) is 2.64. The Morgan fingerprint density at radius 3 is 2.86 bits per heavy atom. The minimum atomic E-state index is 0.191. The Morgan fingerprint density at radius 2 is 2.36 bits per heavy atom. The Balaban J connectivity index is 2.27. The van der Waals surface area contributed by atoms with Gasteiger partial charge in [-0.1, -0.05) is 13.8 Å². The lowest BCUT2D eigenvalue weighted by molar-refractivity contribution is 0.223. The first kappa shape index (κ1) is 11.6. The third-order valence-electron chi connectivity index (χ3n) is 2.03. The van der Waals surface area contributed by atoms with Gasteiger partial charge in [-0.05, 0) is 12.3 Å². The van der Waals surface area contributed by atoms with Crippen LogP contribution in [-0.2, 0) is 6.54 Å². The number of aliphatic hydroxyl groups is 1. The molecule has 80 valence electrons. The molecule has 0 bridgehead atoms. The van der Waals surface area contributed by atoms with E-state index in [2.05, 4.69) is 24.1 Å². The lowest BCUT2D eigenvalue weighted by Crippen LogP contribution is -2.33.